The minimum absolute atomic E-state index is 0.149. The van der Waals surface area contributed by atoms with Gasteiger partial charge in [-0.05, 0) is 31.4 Å². The molecule has 2 rings (SSSR count). The fraction of sp³-hybridized carbons (Fsp3) is 0.357. The van der Waals surface area contributed by atoms with Gasteiger partial charge in [0.25, 0.3) is 11.7 Å². The number of nitrogens with one attached hydrogen (secondary N) is 1. The molecule has 1 aromatic rings. The molecule has 1 heterocycles. The Morgan fingerprint density at radius 2 is 2.16 bits per heavy atom. The van der Waals surface area contributed by atoms with E-state index in [4.69, 9.17) is 0 Å². The molecule has 0 radical (unpaired) electrons. The molecule has 0 unspecified atom stereocenters. The lowest BCUT2D eigenvalue weighted by atomic mass is 9.99. The number of Topliss-reactive ketones (excluding diaryl/α,β-unsaturated/α-hetero) is 1. The van der Waals surface area contributed by atoms with Crippen LogP contribution in [0.4, 0.5) is 0 Å². The van der Waals surface area contributed by atoms with Crippen molar-refractivity contribution in [3.05, 3.63) is 34.9 Å². The van der Waals surface area contributed by atoms with Gasteiger partial charge in [0.1, 0.15) is 0 Å². The van der Waals surface area contributed by atoms with E-state index >= 15 is 0 Å². The standard InChI is InChI=1S/C14H15NO4/c1-2-19-14(18)12(16)10-6-5-9-4-3-7-15-13(17)11(9)8-10/h5-6,8H,2-4,7H2,1H3,(H,15,17). The zero-order valence-electron chi connectivity index (χ0n) is 10.7. The average molecular weight is 261 g/mol. The summed E-state index contributed by atoms with van der Waals surface area (Å²) in [6.45, 7) is 2.40. The van der Waals surface area contributed by atoms with Gasteiger partial charge in [0, 0.05) is 17.7 Å². The Bertz CT molecular complexity index is 536. The van der Waals surface area contributed by atoms with Gasteiger partial charge in [0.15, 0.2) is 0 Å². The quantitative estimate of drug-likeness (QED) is 0.502. The van der Waals surface area contributed by atoms with Crippen LogP contribution >= 0.6 is 0 Å². The van der Waals surface area contributed by atoms with Gasteiger partial charge in [-0.3, -0.25) is 9.59 Å². The van der Waals surface area contributed by atoms with Gasteiger partial charge in [0.2, 0.25) is 0 Å². The zero-order valence-corrected chi connectivity index (χ0v) is 10.7. The number of benzene rings is 1. The summed E-state index contributed by atoms with van der Waals surface area (Å²) in [5.74, 6) is -1.82. The van der Waals surface area contributed by atoms with Crippen LogP contribution in [-0.2, 0) is 16.0 Å². The normalized spacial score (nSPS) is 14.1. The summed E-state index contributed by atoms with van der Waals surface area (Å²) >= 11 is 0. The lowest BCUT2D eigenvalue weighted by Crippen LogP contribution is -2.23. The van der Waals surface area contributed by atoms with E-state index in [1.807, 2.05) is 0 Å². The van der Waals surface area contributed by atoms with Gasteiger partial charge in [-0.1, -0.05) is 12.1 Å². The van der Waals surface area contributed by atoms with Gasteiger partial charge >= 0.3 is 5.97 Å². The fourth-order valence-electron chi connectivity index (χ4n) is 2.04. The van der Waals surface area contributed by atoms with Crippen LogP contribution in [0.15, 0.2) is 18.2 Å². The fourth-order valence-corrected chi connectivity index (χ4v) is 2.04. The summed E-state index contributed by atoms with van der Waals surface area (Å²) in [6.07, 6.45) is 1.64. The second-order valence-electron chi connectivity index (χ2n) is 4.28. The zero-order chi connectivity index (χ0) is 13.8. The Morgan fingerprint density at radius 3 is 2.89 bits per heavy atom. The molecular weight excluding hydrogens is 246 g/mol. The number of amides is 1. The highest BCUT2D eigenvalue weighted by atomic mass is 16.5. The maximum Gasteiger partial charge on any atom is 0.379 e. The average Bonchev–Trinajstić information content (AvgIpc) is 2.60. The van der Waals surface area contributed by atoms with E-state index in [1.165, 1.54) is 6.07 Å². The number of esters is 1. The molecule has 100 valence electrons. The van der Waals surface area contributed by atoms with Crippen molar-refractivity contribution in [1.29, 1.82) is 0 Å². The van der Waals surface area contributed by atoms with E-state index in [0.29, 0.717) is 12.1 Å². The summed E-state index contributed by atoms with van der Waals surface area (Å²) in [5.41, 5.74) is 1.55. The molecule has 0 fully saturated rings. The summed E-state index contributed by atoms with van der Waals surface area (Å²) in [7, 11) is 0. The number of rotatable bonds is 3. The van der Waals surface area contributed by atoms with Crippen LogP contribution in [0.1, 0.15) is 39.6 Å². The predicted molar refractivity (Wildman–Crippen MR) is 68.1 cm³/mol. The molecule has 5 heteroatoms. The smallest absolute Gasteiger partial charge is 0.379 e. The second-order valence-corrected chi connectivity index (χ2v) is 4.28. The number of ketones is 1. The molecule has 0 bridgehead atoms. The molecule has 1 aliphatic rings. The van der Waals surface area contributed by atoms with E-state index in [2.05, 4.69) is 10.1 Å². The van der Waals surface area contributed by atoms with Crippen molar-refractivity contribution in [3.63, 3.8) is 0 Å². The number of aryl methyl sites for hydroxylation is 1. The molecule has 0 aliphatic carbocycles. The number of carbonyl (C=O) groups excluding carboxylic acids is 3. The molecule has 1 aliphatic heterocycles. The molecule has 0 atom stereocenters. The second kappa shape index (κ2) is 5.65. The molecule has 5 nitrogen and oxygen atoms in total. The van der Waals surface area contributed by atoms with Gasteiger partial charge in [-0.25, -0.2) is 4.79 Å². The lowest BCUT2D eigenvalue weighted by Gasteiger charge is -2.07. The van der Waals surface area contributed by atoms with Gasteiger partial charge in [-0.15, -0.1) is 0 Å². The molecule has 0 spiro atoms. The molecule has 1 aromatic carbocycles. The van der Waals surface area contributed by atoms with Crippen LogP contribution < -0.4 is 5.32 Å². The van der Waals surface area contributed by atoms with Crippen LogP contribution in [-0.4, -0.2) is 30.8 Å². The summed E-state index contributed by atoms with van der Waals surface area (Å²) in [4.78, 5) is 35.0. The largest absolute Gasteiger partial charge is 0.460 e. The minimum atomic E-state index is -0.892. The third-order valence-electron chi connectivity index (χ3n) is 2.99. The summed E-state index contributed by atoms with van der Waals surface area (Å²) in [6, 6.07) is 4.76. The summed E-state index contributed by atoms with van der Waals surface area (Å²) in [5, 5.41) is 2.75. The summed E-state index contributed by atoms with van der Waals surface area (Å²) < 4.78 is 4.66. The van der Waals surface area contributed by atoms with Crippen LogP contribution in [0.25, 0.3) is 0 Å². The van der Waals surface area contributed by atoms with Crippen molar-refractivity contribution in [1.82, 2.24) is 5.32 Å². The van der Waals surface area contributed by atoms with Crippen molar-refractivity contribution < 1.29 is 19.1 Å². The highest BCUT2D eigenvalue weighted by Gasteiger charge is 2.21. The molecule has 0 aromatic heterocycles. The van der Waals surface area contributed by atoms with E-state index in [-0.39, 0.29) is 18.1 Å². The predicted octanol–water partition coefficient (Wildman–Crippen LogP) is 1.11. The first-order valence-corrected chi connectivity index (χ1v) is 6.26. The van der Waals surface area contributed by atoms with Crippen molar-refractivity contribution in [2.24, 2.45) is 0 Å². The molecule has 19 heavy (non-hydrogen) atoms. The van der Waals surface area contributed by atoms with E-state index in [1.54, 1.807) is 19.1 Å². The Balaban J connectivity index is 2.32. The first-order chi connectivity index (χ1) is 9.13. The third kappa shape index (κ3) is 2.81. The third-order valence-corrected chi connectivity index (χ3v) is 2.99. The minimum Gasteiger partial charge on any atom is -0.460 e. The number of fused-ring (bicyclic) bond motifs is 1. The first-order valence-electron chi connectivity index (χ1n) is 6.26. The number of carbonyl (C=O) groups is 3. The molecule has 0 saturated heterocycles. The highest BCUT2D eigenvalue weighted by Crippen LogP contribution is 2.17. The van der Waals surface area contributed by atoms with Crippen LogP contribution in [0.5, 0.6) is 0 Å². The van der Waals surface area contributed by atoms with Gasteiger partial charge < -0.3 is 10.1 Å². The van der Waals surface area contributed by atoms with Crippen molar-refractivity contribution in [2.75, 3.05) is 13.2 Å². The SMILES string of the molecule is CCOC(=O)C(=O)c1ccc2c(c1)C(=O)NCCC2. The van der Waals surface area contributed by atoms with Crippen molar-refractivity contribution >= 4 is 17.7 Å². The molecular formula is C14H15NO4. The Kier molecular flexibility index (Phi) is 3.94. The number of hydrogen-bond acceptors (Lipinski definition) is 4. The Hall–Kier alpha value is -2.17. The number of ether oxygens (including phenoxy) is 1. The molecule has 0 saturated carbocycles. The highest BCUT2D eigenvalue weighted by molar-refractivity contribution is 6.40. The van der Waals surface area contributed by atoms with Crippen LogP contribution in [0, 0.1) is 0 Å². The monoisotopic (exact) mass is 261 g/mol. The molecule has 1 N–H and O–H groups in total. The van der Waals surface area contributed by atoms with E-state index < -0.39 is 11.8 Å². The molecule has 1 amide bonds. The Morgan fingerprint density at radius 1 is 1.37 bits per heavy atom. The van der Waals surface area contributed by atoms with Crippen LogP contribution in [0.3, 0.4) is 0 Å². The van der Waals surface area contributed by atoms with E-state index in [9.17, 15) is 14.4 Å². The van der Waals surface area contributed by atoms with Gasteiger partial charge in [-0.2, -0.15) is 0 Å². The van der Waals surface area contributed by atoms with Crippen molar-refractivity contribution in [2.45, 2.75) is 19.8 Å². The first kappa shape index (κ1) is 13.3. The Labute approximate surface area is 110 Å². The lowest BCUT2D eigenvalue weighted by molar-refractivity contribution is -0.137. The van der Waals surface area contributed by atoms with Crippen molar-refractivity contribution in [3.8, 4) is 0 Å². The van der Waals surface area contributed by atoms with Gasteiger partial charge in [0.05, 0.1) is 6.61 Å². The topological polar surface area (TPSA) is 72.5 Å². The maximum atomic E-state index is 11.8. The maximum absolute atomic E-state index is 11.8. The number of hydrogen-bond donors (Lipinski definition) is 1. The van der Waals surface area contributed by atoms with E-state index in [0.717, 1.165) is 18.4 Å². The van der Waals surface area contributed by atoms with Crippen LogP contribution in [0.2, 0.25) is 0 Å².